The summed E-state index contributed by atoms with van der Waals surface area (Å²) in [6.07, 6.45) is 0. The lowest BCUT2D eigenvalue weighted by atomic mass is 10.1. The van der Waals surface area contributed by atoms with Gasteiger partial charge >= 0.3 is 5.97 Å². The average molecular weight is 266 g/mol. The van der Waals surface area contributed by atoms with Gasteiger partial charge in [-0.2, -0.15) is 0 Å². The summed E-state index contributed by atoms with van der Waals surface area (Å²) in [5, 5.41) is 0. The molecule has 2 N–H and O–H groups in total. The number of benzene rings is 1. The van der Waals surface area contributed by atoms with Crippen LogP contribution in [0.5, 0.6) is 0 Å². The number of rotatable bonds is 6. The monoisotopic (exact) mass is 266 g/mol. The molecule has 5 heteroatoms. The number of esters is 1. The maximum atomic E-state index is 11.4. The summed E-state index contributed by atoms with van der Waals surface area (Å²) in [4.78, 5) is 13.6. The highest BCUT2D eigenvalue weighted by Crippen LogP contribution is 2.26. The van der Waals surface area contributed by atoms with Crippen LogP contribution in [0.15, 0.2) is 18.2 Å². The van der Waals surface area contributed by atoms with Gasteiger partial charge in [0.2, 0.25) is 0 Å². The zero-order valence-electron chi connectivity index (χ0n) is 12.0. The van der Waals surface area contributed by atoms with Crippen LogP contribution >= 0.6 is 0 Å². The van der Waals surface area contributed by atoms with Gasteiger partial charge in [-0.1, -0.05) is 0 Å². The number of methoxy groups -OCH3 is 2. The van der Waals surface area contributed by atoms with E-state index < -0.39 is 0 Å². The lowest BCUT2D eigenvalue weighted by Crippen LogP contribution is -2.36. The minimum absolute atomic E-state index is 0.210. The van der Waals surface area contributed by atoms with Gasteiger partial charge in [-0.25, -0.2) is 4.79 Å². The van der Waals surface area contributed by atoms with E-state index in [2.05, 4.69) is 23.5 Å². The van der Waals surface area contributed by atoms with Crippen LogP contribution < -0.4 is 10.6 Å². The molecule has 0 radical (unpaired) electrons. The predicted molar refractivity (Wildman–Crippen MR) is 76.6 cm³/mol. The topological polar surface area (TPSA) is 64.8 Å². The van der Waals surface area contributed by atoms with E-state index in [0.717, 1.165) is 12.2 Å². The van der Waals surface area contributed by atoms with Gasteiger partial charge in [0, 0.05) is 19.7 Å². The molecule has 0 heterocycles. The van der Waals surface area contributed by atoms with E-state index in [4.69, 9.17) is 10.5 Å². The Balaban J connectivity index is 3.02. The van der Waals surface area contributed by atoms with Gasteiger partial charge in [0.1, 0.15) is 0 Å². The van der Waals surface area contributed by atoms with E-state index in [1.807, 2.05) is 6.07 Å². The number of anilines is 2. The Labute approximate surface area is 114 Å². The summed E-state index contributed by atoms with van der Waals surface area (Å²) in [6, 6.07) is 5.42. The number of carbonyl (C=O) groups is 1. The SMILES string of the molecule is CCN(c1ccc(C(=O)OC)cc1N)C(C)COC. The van der Waals surface area contributed by atoms with Crippen molar-refractivity contribution in [2.75, 3.05) is 38.0 Å². The van der Waals surface area contributed by atoms with Crippen molar-refractivity contribution in [3.8, 4) is 0 Å². The second kappa shape index (κ2) is 6.99. The quantitative estimate of drug-likeness (QED) is 0.629. The Morgan fingerprint density at radius 1 is 1.42 bits per heavy atom. The summed E-state index contributed by atoms with van der Waals surface area (Å²) in [5.41, 5.74) is 7.96. The van der Waals surface area contributed by atoms with Crippen LogP contribution in [0.25, 0.3) is 0 Å². The molecule has 1 aromatic rings. The third kappa shape index (κ3) is 3.61. The molecule has 0 aliphatic rings. The van der Waals surface area contributed by atoms with Gasteiger partial charge in [-0.05, 0) is 32.0 Å². The fraction of sp³-hybridized carbons (Fsp3) is 0.500. The van der Waals surface area contributed by atoms with Crippen LogP contribution in [-0.4, -0.2) is 39.4 Å². The summed E-state index contributed by atoms with van der Waals surface area (Å²) in [7, 11) is 3.03. The average Bonchev–Trinajstić information content (AvgIpc) is 2.40. The van der Waals surface area contributed by atoms with Crippen LogP contribution in [0, 0.1) is 0 Å². The highest BCUT2D eigenvalue weighted by molar-refractivity contribution is 5.92. The number of hydrogen-bond acceptors (Lipinski definition) is 5. The minimum Gasteiger partial charge on any atom is -0.465 e. The van der Waals surface area contributed by atoms with Gasteiger partial charge in [-0.15, -0.1) is 0 Å². The Hall–Kier alpha value is -1.75. The molecular weight excluding hydrogens is 244 g/mol. The molecule has 1 unspecified atom stereocenters. The molecule has 0 saturated heterocycles. The van der Waals surface area contributed by atoms with Crippen molar-refractivity contribution in [1.29, 1.82) is 0 Å². The molecule has 19 heavy (non-hydrogen) atoms. The second-order valence-corrected chi connectivity index (χ2v) is 4.36. The number of nitrogens with two attached hydrogens (primary N) is 1. The van der Waals surface area contributed by atoms with Crippen LogP contribution in [0.1, 0.15) is 24.2 Å². The number of nitrogens with zero attached hydrogens (tertiary/aromatic N) is 1. The van der Waals surface area contributed by atoms with E-state index in [9.17, 15) is 4.79 Å². The minimum atomic E-state index is -0.383. The first-order valence-corrected chi connectivity index (χ1v) is 6.28. The van der Waals surface area contributed by atoms with Crippen LogP contribution in [0.3, 0.4) is 0 Å². The van der Waals surface area contributed by atoms with E-state index in [1.165, 1.54) is 7.11 Å². The molecule has 1 rings (SSSR count). The third-order valence-corrected chi connectivity index (χ3v) is 3.04. The summed E-state index contributed by atoms with van der Waals surface area (Å²) in [6.45, 7) is 5.55. The van der Waals surface area contributed by atoms with Crippen molar-refractivity contribution in [2.24, 2.45) is 0 Å². The normalized spacial score (nSPS) is 12.0. The Bertz CT molecular complexity index is 435. The molecule has 0 aliphatic heterocycles. The van der Waals surface area contributed by atoms with Gasteiger partial charge in [0.25, 0.3) is 0 Å². The van der Waals surface area contributed by atoms with Crippen molar-refractivity contribution in [1.82, 2.24) is 0 Å². The summed E-state index contributed by atoms with van der Waals surface area (Å²) >= 11 is 0. The van der Waals surface area contributed by atoms with Crippen molar-refractivity contribution in [3.05, 3.63) is 23.8 Å². The van der Waals surface area contributed by atoms with E-state index in [-0.39, 0.29) is 12.0 Å². The first-order chi connectivity index (χ1) is 9.04. The lowest BCUT2D eigenvalue weighted by molar-refractivity contribution is 0.0601. The standard InChI is InChI=1S/C14H22N2O3/c1-5-16(10(2)9-18-3)13-7-6-11(8-12(13)15)14(17)19-4/h6-8,10H,5,9,15H2,1-4H3. The Morgan fingerprint density at radius 3 is 2.58 bits per heavy atom. The second-order valence-electron chi connectivity index (χ2n) is 4.36. The molecule has 0 aliphatic carbocycles. The largest absolute Gasteiger partial charge is 0.465 e. The Morgan fingerprint density at radius 2 is 2.11 bits per heavy atom. The molecule has 0 spiro atoms. The predicted octanol–water partition coefficient (Wildman–Crippen LogP) is 1.92. The van der Waals surface area contributed by atoms with Gasteiger partial charge in [0.05, 0.1) is 30.7 Å². The smallest absolute Gasteiger partial charge is 0.337 e. The molecule has 0 fully saturated rings. The summed E-state index contributed by atoms with van der Waals surface area (Å²) in [5.74, 6) is -0.383. The van der Waals surface area contributed by atoms with Gasteiger partial charge in [0.15, 0.2) is 0 Å². The molecule has 0 amide bonds. The maximum absolute atomic E-state index is 11.4. The van der Waals surface area contributed by atoms with Gasteiger partial charge < -0.3 is 20.1 Å². The maximum Gasteiger partial charge on any atom is 0.337 e. The van der Waals surface area contributed by atoms with Crippen LogP contribution in [0.2, 0.25) is 0 Å². The first-order valence-electron chi connectivity index (χ1n) is 6.28. The first kappa shape index (κ1) is 15.3. The van der Waals surface area contributed by atoms with E-state index in [0.29, 0.717) is 17.9 Å². The lowest BCUT2D eigenvalue weighted by Gasteiger charge is -2.30. The fourth-order valence-corrected chi connectivity index (χ4v) is 2.11. The number of hydrogen-bond donors (Lipinski definition) is 1. The van der Waals surface area contributed by atoms with Crippen molar-refractivity contribution >= 4 is 17.3 Å². The fourth-order valence-electron chi connectivity index (χ4n) is 2.11. The highest BCUT2D eigenvalue weighted by Gasteiger charge is 2.16. The number of nitrogen functional groups attached to an aromatic ring is 1. The molecule has 0 aromatic heterocycles. The summed E-state index contributed by atoms with van der Waals surface area (Å²) < 4.78 is 9.85. The molecular formula is C14H22N2O3. The van der Waals surface area contributed by atoms with Gasteiger partial charge in [-0.3, -0.25) is 0 Å². The number of carbonyl (C=O) groups excluding carboxylic acids is 1. The zero-order valence-corrected chi connectivity index (χ0v) is 12.0. The number of ether oxygens (including phenoxy) is 2. The van der Waals surface area contributed by atoms with Crippen LogP contribution in [-0.2, 0) is 9.47 Å². The van der Waals surface area contributed by atoms with E-state index in [1.54, 1.807) is 19.2 Å². The highest BCUT2D eigenvalue weighted by atomic mass is 16.5. The molecule has 0 saturated carbocycles. The molecule has 106 valence electrons. The zero-order chi connectivity index (χ0) is 14.4. The van der Waals surface area contributed by atoms with Crippen molar-refractivity contribution < 1.29 is 14.3 Å². The Kier molecular flexibility index (Phi) is 5.63. The number of likely N-dealkylation sites (N-methyl/N-ethyl adjacent to an activating group) is 1. The molecule has 0 bridgehead atoms. The van der Waals surface area contributed by atoms with Crippen molar-refractivity contribution in [3.63, 3.8) is 0 Å². The molecule has 1 atom stereocenters. The van der Waals surface area contributed by atoms with E-state index >= 15 is 0 Å². The van der Waals surface area contributed by atoms with Crippen LogP contribution in [0.4, 0.5) is 11.4 Å². The third-order valence-electron chi connectivity index (χ3n) is 3.04. The van der Waals surface area contributed by atoms with Crippen molar-refractivity contribution in [2.45, 2.75) is 19.9 Å². The molecule has 1 aromatic carbocycles. The molecule has 5 nitrogen and oxygen atoms in total.